The number of thiophene rings is 1. The van der Waals surface area contributed by atoms with Gasteiger partial charge in [-0.05, 0) is 61.0 Å². The van der Waals surface area contributed by atoms with E-state index in [1.54, 1.807) is 6.07 Å². The predicted molar refractivity (Wildman–Crippen MR) is 95.4 cm³/mol. The molecule has 24 heavy (non-hydrogen) atoms. The molecule has 0 unspecified atom stereocenters. The van der Waals surface area contributed by atoms with Crippen LogP contribution in [0.1, 0.15) is 39.1 Å². The van der Waals surface area contributed by atoms with Gasteiger partial charge in [0.25, 0.3) is 0 Å². The van der Waals surface area contributed by atoms with Crippen LogP contribution in [0.15, 0.2) is 23.6 Å². The molecule has 5 nitrogen and oxygen atoms in total. The van der Waals surface area contributed by atoms with Gasteiger partial charge in [0.05, 0.1) is 28.9 Å². The van der Waals surface area contributed by atoms with Crippen LogP contribution in [0.4, 0.5) is 0 Å². The van der Waals surface area contributed by atoms with E-state index in [-0.39, 0.29) is 18.1 Å². The zero-order valence-corrected chi connectivity index (χ0v) is 14.7. The quantitative estimate of drug-likeness (QED) is 0.699. The summed E-state index contributed by atoms with van der Waals surface area (Å²) in [5.41, 5.74) is 5.15. The summed E-state index contributed by atoms with van der Waals surface area (Å²) < 4.78 is 0. The number of ketones is 1. The lowest BCUT2D eigenvalue weighted by Crippen LogP contribution is -2.24. The van der Waals surface area contributed by atoms with E-state index in [9.17, 15) is 9.59 Å². The number of hydrogen-bond acceptors (Lipinski definition) is 4. The summed E-state index contributed by atoms with van der Waals surface area (Å²) in [5, 5.41) is 4.71. The van der Waals surface area contributed by atoms with Crippen LogP contribution in [-0.4, -0.2) is 21.7 Å². The minimum Gasteiger partial charge on any atom is -0.349 e. The Labute approximate surface area is 144 Å². The van der Waals surface area contributed by atoms with Crippen molar-refractivity contribution in [3.8, 4) is 0 Å². The number of benzene rings is 1. The molecule has 2 N–H and O–H groups in total. The number of aromatic amines is 1. The topological polar surface area (TPSA) is 74.8 Å². The van der Waals surface area contributed by atoms with Gasteiger partial charge in [0.2, 0.25) is 5.91 Å². The molecule has 3 aromatic rings. The first kappa shape index (κ1) is 16.4. The first-order valence-corrected chi connectivity index (χ1v) is 8.61. The molecule has 0 bridgehead atoms. The van der Waals surface area contributed by atoms with Crippen molar-refractivity contribution in [2.24, 2.45) is 0 Å². The third kappa shape index (κ3) is 3.54. The lowest BCUT2D eigenvalue weighted by molar-refractivity contribution is -0.120. The first-order chi connectivity index (χ1) is 11.4. The number of carbonyl (C=O) groups excluding carboxylic acids is 2. The van der Waals surface area contributed by atoms with E-state index in [0.717, 1.165) is 22.4 Å². The summed E-state index contributed by atoms with van der Waals surface area (Å²) in [6.07, 6.45) is 0.266. The summed E-state index contributed by atoms with van der Waals surface area (Å²) in [7, 11) is 0. The number of rotatable bonds is 5. The molecule has 0 aliphatic rings. The summed E-state index contributed by atoms with van der Waals surface area (Å²) >= 11 is 1.37. The number of hydrogen-bond donors (Lipinski definition) is 2. The van der Waals surface area contributed by atoms with Crippen LogP contribution < -0.4 is 5.32 Å². The molecule has 0 aliphatic carbocycles. The maximum atomic E-state index is 12.1. The van der Waals surface area contributed by atoms with Gasteiger partial charge in [0.15, 0.2) is 5.78 Å². The molecule has 0 radical (unpaired) electrons. The highest BCUT2D eigenvalue weighted by atomic mass is 32.1. The number of imidazole rings is 1. The Hall–Kier alpha value is -2.47. The normalized spacial score (nSPS) is 11.0. The van der Waals surface area contributed by atoms with E-state index in [2.05, 4.69) is 35.2 Å². The number of nitrogens with one attached hydrogen (secondary N) is 2. The Morgan fingerprint density at radius 3 is 2.67 bits per heavy atom. The Morgan fingerprint density at radius 1 is 1.21 bits per heavy atom. The second kappa shape index (κ2) is 6.57. The van der Waals surface area contributed by atoms with Crippen molar-refractivity contribution in [2.75, 3.05) is 0 Å². The Morgan fingerprint density at radius 2 is 1.96 bits per heavy atom. The van der Waals surface area contributed by atoms with Crippen LogP contribution in [0, 0.1) is 13.8 Å². The van der Waals surface area contributed by atoms with E-state index in [0.29, 0.717) is 11.4 Å². The van der Waals surface area contributed by atoms with Gasteiger partial charge in [-0.1, -0.05) is 0 Å². The first-order valence-electron chi connectivity index (χ1n) is 7.73. The van der Waals surface area contributed by atoms with E-state index >= 15 is 0 Å². The molecule has 2 aromatic heterocycles. The Balaban J connectivity index is 1.62. The van der Waals surface area contributed by atoms with Gasteiger partial charge in [-0.2, -0.15) is 0 Å². The molecule has 0 fully saturated rings. The Bertz CT molecular complexity index is 885. The highest BCUT2D eigenvalue weighted by molar-refractivity contribution is 7.12. The maximum Gasteiger partial charge on any atom is 0.224 e. The van der Waals surface area contributed by atoms with E-state index in [1.807, 2.05) is 11.4 Å². The lowest BCUT2D eigenvalue weighted by Gasteiger charge is -2.01. The number of nitrogens with zero attached hydrogens (tertiary/aromatic N) is 1. The third-order valence-corrected chi connectivity index (χ3v) is 5.04. The van der Waals surface area contributed by atoms with Crippen molar-refractivity contribution in [2.45, 2.75) is 33.7 Å². The van der Waals surface area contributed by atoms with E-state index in [4.69, 9.17) is 0 Å². The predicted octanol–water partition coefficient (Wildman–Crippen LogP) is 3.30. The van der Waals surface area contributed by atoms with Crippen LogP contribution in [0.3, 0.4) is 0 Å². The summed E-state index contributed by atoms with van der Waals surface area (Å²) in [6.45, 7) is 6.00. The number of Topliss-reactive ketones (excluding diaryl/α,β-unsaturated/α-hetero) is 1. The third-order valence-electron chi connectivity index (χ3n) is 3.96. The molecule has 0 saturated carbocycles. The van der Waals surface area contributed by atoms with Crippen LogP contribution in [0.2, 0.25) is 0 Å². The van der Waals surface area contributed by atoms with Gasteiger partial charge in [-0.25, -0.2) is 4.98 Å². The average molecular weight is 341 g/mol. The standard InChI is InChI=1S/C18H19N3O2S/c1-10-4-14-15(5-11(10)2)21-17(20-14)8-19-18(23)7-13-6-16(12(3)22)24-9-13/h4-6,9H,7-8H2,1-3H3,(H,19,23)(H,20,21). The summed E-state index contributed by atoms with van der Waals surface area (Å²) in [4.78, 5) is 31.8. The molecule has 0 atom stereocenters. The van der Waals surface area contributed by atoms with Crippen molar-refractivity contribution in [1.82, 2.24) is 15.3 Å². The second-order valence-electron chi connectivity index (χ2n) is 5.97. The van der Waals surface area contributed by atoms with Crippen LogP contribution >= 0.6 is 11.3 Å². The fourth-order valence-corrected chi connectivity index (χ4v) is 3.30. The smallest absolute Gasteiger partial charge is 0.224 e. The second-order valence-corrected chi connectivity index (χ2v) is 6.88. The molecule has 3 rings (SSSR count). The molecular weight excluding hydrogens is 322 g/mol. The molecular formula is C18H19N3O2S. The van der Waals surface area contributed by atoms with Gasteiger partial charge >= 0.3 is 0 Å². The van der Waals surface area contributed by atoms with Crippen LogP contribution in [0.25, 0.3) is 11.0 Å². The number of amides is 1. The van der Waals surface area contributed by atoms with E-state index < -0.39 is 0 Å². The minimum atomic E-state index is -0.0873. The van der Waals surface area contributed by atoms with Crippen molar-refractivity contribution in [1.29, 1.82) is 0 Å². The molecule has 1 amide bonds. The van der Waals surface area contributed by atoms with Crippen molar-refractivity contribution in [3.63, 3.8) is 0 Å². The van der Waals surface area contributed by atoms with E-state index in [1.165, 1.54) is 29.4 Å². The average Bonchev–Trinajstić information content (AvgIpc) is 3.12. The van der Waals surface area contributed by atoms with Gasteiger partial charge in [0.1, 0.15) is 5.82 Å². The highest BCUT2D eigenvalue weighted by Crippen LogP contribution is 2.18. The van der Waals surface area contributed by atoms with Crippen LogP contribution in [0.5, 0.6) is 0 Å². The minimum absolute atomic E-state index is 0.0273. The number of H-pyrrole nitrogens is 1. The van der Waals surface area contributed by atoms with Crippen molar-refractivity contribution in [3.05, 3.63) is 51.0 Å². The molecule has 0 aliphatic heterocycles. The zero-order chi connectivity index (χ0) is 17.3. The number of aryl methyl sites for hydroxylation is 2. The molecule has 2 heterocycles. The Kier molecular flexibility index (Phi) is 4.49. The van der Waals surface area contributed by atoms with Gasteiger partial charge in [-0.15, -0.1) is 11.3 Å². The van der Waals surface area contributed by atoms with Gasteiger partial charge in [0, 0.05) is 0 Å². The fraction of sp³-hybridized carbons (Fsp3) is 0.278. The van der Waals surface area contributed by atoms with Crippen LogP contribution in [-0.2, 0) is 17.8 Å². The largest absolute Gasteiger partial charge is 0.349 e. The molecule has 1 aromatic carbocycles. The lowest BCUT2D eigenvalue weighted by atomic mass is 10.1. The molecule has 0 saturated heterocycles. The molecule has 124 valence electrons. The molecule has 0 spiro atoms. The maximum absolute atomic E-state index is 12.1. The van der Waals surface area contributed by atoms with Gasteiger partial charge < -0.3 is 10.3 Å². The number of aromatic nitrogens is 2. The molecule has 6 heteroatoms. The van der Waals surface area contributed by atoms with Crippen molar-refractivity contribution < 1.29 is 9.59 Å². The summed E-state index contributed by atoms with van der Waals surface area (Å²) in [5.74, 6) is 0.674. The van der Waals surface area contributed by atoms with Crippen molar-refractivity contribution >= 4 is 34.1 Å². The highest BCUT2D eigenvalue weighted by Gasteiger charge is 2.10. The fourth-order valence-electron chi connectivity index (χ4n) is 2.49. The summed E-state index contributed by atoms with van der Waals surface area (Å²) in [6, 6.07) is 5.89. The number of fused-ring (bicyclic) bond motifs is 1. The number of carbonyl (C=O) groups is 2. The zero-order valence-electron chi connectivity index (χ0n) is 13.9. The monoisotopic (exact) mass is 341 g/mol. The SMILES string of the molecule is CC(=O)c1cc(CC(=O)NCc2nc3cc(C)c(C)cc3[nH]2)cs1. The van der Waals surface area contributed by atoms with Gasteiger partial charge in [-0.3, -0.25) is 9.59 Å².